The van der Waals surface area contributed by atoms with Gasteiger partial charge < -0.3 is 14.6 Å². The normalized spacial score (nSPS) is 19.8. The lowest BCUT2D eigenvalue weighted by atomic mass is 10.0. The van der Waals surface area contributed by atoms with Gasteiger partial charge in [0, 0.05) is 25.0 Å². The van der Waals surface area contributed by atoms with E-state index < -0.39 is 0 Å². The molecular weight excluding hydrogens is 318 g/mol. The molecule has 0 spiro atoms. The van der Waals surface area contributed by atoms with Crippen LogP contribution >= 0.6 is 0 Å². The predicted molar refractivity (Wildman–Crippen MR) is 94.8 cm³/mol. The molecule has 1 aliphatic heterocycles. The molecule has 7 heteroatoms. The lowest BCUT2D eigenvalue weighted by Crippen LogP contribution is -2.43. The molecule has 2 atom stereocenters. The van der Waals surface area contributed by atoms with Crippen LogP contribution in [0, 0.1) is 0 Å². The number of hydrogen-bond acceptors (Lipinski definition) is 5. The number of aromatic nitrogens is 2. The van der Waals surface area contributed by atoms with Gasteiger partial charge in [-0.05, 0) is 30.5 Å². The summed E-state index contributed by atoms with van der Waals surface area (Å²) in [5.41, 5.74) is 7.37. The Balaban J connectivity index is 1.54. The van der Waals surface area contributed by atoms with Crippen LogP contribution in [0.1, 0.15) is 37.2 Å². The Bertz CT molecular complexity index is 715. The van der Waals surface area contributed by atoms with Gasteiger partial charge in [0.15, 0.2) is 0 Å². The maximum absolute atomic E-state index is 12.4. The van der Waals surface area contributed by atoms with Gasteiger partial charge in [0.25, 0.3) is 0 Å². The highest BCUT2D eigenvalue weighted by atomic mass is 16.5. The standard InChI is InChI=1S/C18H25N5O2/c1-3-8-23-9-7-19-17(23)12-20-18(24)16-11-15(21-22-16)13-5-4-6-14(10-13)25-2/h4-7,9-10,15-16,21-22H,3,8,11-12H2,1-2H3,(H,20,24). The zero-order valence-corrected chi connectivity index (χ0v) is 14.7. The monoisotopic (exact) mass is 343 g/mol. The van der Waals surface area contributed by atoms with Crippen molar-refractivity contribution in [1.29, 1.82) is 0 Å². The van der Waals surface area contributed by atoms with Gasteiger partial charge in [-0.1, -0.05) is 19.1 Å². The lowest BCUT2D eigenvalue weighted by molar-refractivity contribution is -0.123. The second-order valence-electron chi connectivity index (χ2n) is 6.16. The number of carbonyl (C=O) groups excluding carboxylic acids is 1. The maximum atomic E-state index is 12.4. The molecule has 134 valence electrons. The van der Waals surface area contributed by atoms with Crippen molar-refractivity contribution < 1.29 is 9.53 Å². The number of ether oxygens (including phenoxy) is 1. The molecule has 1 amide bonds. The summed E-state index contributed by atoms with van der Waals surface area (Å²) < 4.78 is 7.33. The number of amides is 1. The van der Waals surface area contributed by atoms with Crippen LogP contribution in [0.4, 0.5) is 0 Å². The van der Waals surface area contributed by atoms with Crippen LogP contribution in [-0.4, -0.2) is 28.6 Å². The molecule has 1 aliphatic rings. The summed E-state index contributed by atoms with van der Waals surface area (Å²) in [7, 11) is 1.65. The minimum absolute atomic E-state index is 0.0241. The van der Waals surface area contributed by atoms with E-state index in [2.05, 4.69) is 32.6 Å². The highest BCUT2D eigenvalue weighted by Crippen LogP contribution is 2.25. The van der Waals surface area contributed by atoms with Crippen molar-refractivity contribution in [2.45, 2.75) is 44.9 Å². The minimum atomic E-state index is -0.272. The first-order chi connectivity index (χ1) is 12.2. The van der Waals surface area contributed by atoms with Crippen LogP contribution in [0.25, 0.3) is 0 Å². The molecule has 2 heterocycles. The van der Waals surface area contributed by atoms with Gasteiger partial charge in [0.05, 0.1) is 13.7 Å². The van der Waals surface area contributed by atoms with Gasteiger partial charge in [0.1, 0.15) is 17.6 Å². The number of carbonyl (C=O) groups is 1. The third kappa shape index (κ3) is 4.18. The van der Waals surface area contributed by atoms with E-state index in [1.54, 1.807) is 13.3 Å². The van der Waals surface area contributed by atoms with Crippen LogP contribution in [0.3, 0.4) is 0 Å². The number of hydrazine groups is 1. The maximum Gasteiger partial charge on any atom is 0.238 e. The Morgan fingerprint density at radius 1 is 1.44 bits per heavy atom. The van der Waals surface area contributed by atoms with E-state index in [9.17, 15) is 4.79 Å². The molecule has 25 heavy (non-hydrogen) atoms. The topological polar surface area (TPSA) is 80.2 Å². The lowest BCUT2D eigenvalue weighted by Gasteiger charge is -2.12. The molecule has 0 saturated carbocycles. The number of hydrogen-bond donors (Lipinski definition) is 3. The van der Waals surface area contributed by atoms with E-state index in [4.69, 9.17) is 4.74 Å². The van der Waals surface area contributed by atoms with E-state index in [0.29, 0.717) is 13.0 Å². The Kier molecular flexibility index (Phi) is 5.67. The number of imidazole rings is 1. The molecule has 1 aromatic heterocycles. The van der Waals surface area contributed by atoms with E-state index in [-0.39, 0.29) is 18.0 Å². The van der Waals surface area contributed by atoms with Crippen LogP contribution in [0.5, 0.6) is 5.75 Å². The van der Waals surface area contributed by atoms with Crippen molar-refractivity contribution in [3.63, 3.8) is 0 Å². The molecule has 1 saturated heterocycles. The highest BCUT2D eigenvalue weighted by molar-refractivity contribution is 5.82. The van der Waals surface area contributed by atoms with Crippen molar-refractivity contribution in [1.82, 2.24) is 25.7 Å². The van der Waals surface area contributed by atoms with E-state index in [1.165, 1.54) is 0 Å². The van der Waals surface area contributed by atoms with Crippen LogP contribution in [0.15, 0.2) is 36.7 Å². The average molecular weight is 343 g/mol. The third-order valence-corrected chi connectivity index (χ3v) is 4.40. The zero-order chi connectivity index (χ0) is 17.6. The van der Waals surface area contributed by atoms with Crippen molar-refractivity contribution >= 4 is 5.91 Å². The van der Waals surface area contributed by atoms with Crippen LogP contribution in [0.2, 0.25) is 0 Å². The van der Waals surface area contributed by atoms with Crippen LogP contribution < -0.4 is 20.9 Å². The number of nitrogens with zero attached hydrogens (tertiary/aromatic N) is 2. The number of aryl methyl sites for hydroxylation is 1. The Hall–Kier alpha value is -2.38. The van der Waals surface area contributed by atoms with Crippen molar-refractivity contribution in [3.8, 4) is 5.75 Å². The first-order valence-electron chi connectivity index (χ1n) is 8.64. The smallest absolute Gasteiger partial charge is 0.238 e. The second-order valence-corrected chi connectivity index (χ2v) is 6.16. The molecule has 3 rings (SSSR count). The number of rotatable bonds is 7. The van der Waals surface area contributed by atoms with Gasteiger partial charge in [-0.2, -0.15) is 0 Å². The summed E-state index contributed by atoms with van der Waals surface area (Å²) in [6, 6.07) is 7.69. The third-order valence-electron chi connectivity index (χ3n) is 4.40. The molecule has 0 bridgehead atoms. The summed E-state index contributed by atoms with van der Waals surface area (Å²) in [6.07, 6.45) is 5.43. The largest absolute Gasteiger partial charge is 0.497 e. The number of benzene rings is 1. The molecule has 0 radical (unpaired) electrons. The van der Waals surface area contributed by atoms with E-state index in [0.717, 1.165) is 30.1 Å². The van der Waals surface area contributed by atoms with Crippen molar-refractivity contribution in [2.75, 3.05) is 7.11 Å². The second kappa shape index (κ2) is 8.13. The fraction of sp³-hybridized carbons (Fsp3) is 0.444. The minimum Gasteiger partial charge on any atom is -0.497 e. The SMILES string of the molecule is CCCn1ccnc1CNC(=O)C1CC(c2cccc(OC)c2)NN1. The zero-order valence-electron chi connectivity index (χ0n) is 14.7. The first-order valence-corrected chi connectivity index (χ1v) is 8.64. The molecule has 0 aliphatic carbocycles. The number of methoxy groups -OCH3 is 1. The molecule has 3 N–H and O–H groups in total. The Morgan fingerprint density at radius 2 is 2.32 bits per heavy atom. The quantitative estimate of drug-likeness (QED) is 0.710. The first kappa shape index (κ1) is 17.4. The highest BCUT2D eigenvalue weighted by Gasteiger charge is 2.30. The Morgan fingerprint density at radius 3 is 3.12 bits per heavy atom. The van der Waals surface area contributed by atoms with Gasteiger partial charge in [-0.25, -0.2) is 15.8 Å². The fourth-order valence-electron chi connectivity index (χ4n) is 3.05. The summed E-state index contributed by atoms with van der Waals surface area (Å²) in [5, 5.41) is 2.97. The molecule has 2 unspecified atom stereocenters. The predicted octanol–water partition coefficient (Wildman–Crippen LogP) is 1.53. The molecule has 2 aromatic rings. The summed E-state index contributed by atoms with van der Waals surface area (Å²) >= 11 is 0. The molecule has 1 fully saturated rings. The average Bonchev–Trinajstić information content (AvgIpc) is 3.30. The van der Waals surface area contributed by atoms with Gasteiger partial charge in [-0.15, -0.1) is 0 Å². The van der Waals surface area contributed by atoms with Gasteiger partial charge >= 0.3 is 0 Å². The molecule has 7 nitrogen and oxygen atoms in total. The molecule has 1 aromatic carbocycles. The summed E-state index contributed by atoms with van der Waals surface area (Å²) in [4.78, 5) is 16.7. The van der Waals surface area contributed by atoms with E-state index >= 15 is 0 Å². The van der Waals surface area contributed by atoms with Crippen molar-refractivity contribution in [3.05, 3.63) is 48.0 Å². The summed E-state index contributed by atoms with van der Waals surface area (Å²) in [6.45, 7) is 3.47. The summed E-state index contributed by atoms with van der Waals surface area (Å²) in [5.74, 6) is 1.67. The van der Waals surface area contributed by atoms with Crippen LogP contribution in [-0.2, 0) is 17.9 Å². The Labute approximate surface area is 147 Å². The number of nitrogens with one attached hydrogen (secondary N) is 3. The fourth-order valence-corrected chi connectivity index (χ4v) is 3.05. The van der Waals surface area contributed by atoms with E-state index in [1.807, 2.05) is 30.5 Å². The van der Waals surface area contributed by atoms with Gasteiger partial charge in [-0.3, -0.25) is 4.79 Å². The van der Waals surface area contributed by atoms with Gasteiger partial charge in [0.2, 0.25) is 5.91 Å². The van der Waals surface area contributed by atoms with Crippen molar-refractivity contribution in [2.24, 2.45) is 0 Å². The molecular formula is C18H25N5O2.